The molecule has 2 aliphatic heterocycles. The number of nitriles is 1. The first-order valence-electron chi connectivity index (χ1n) is 6.42. The molecule has 0 aliphatic carbocycles. The fraction of sp³-hybridized carbons (Fsp3) is 0.750. The van der Waals surface area contributed by atoms with E-state index >= 15 is 0 Å². The van der Waals surface area contributed by atoms with Crippen molar-refractivity contribution in [1.29, 1.82) is 5.26 Å². The van der Waals surface area contributed by atoms with Crippen LogP contribution in [0.2, 0.25) is 0 Å². The molecule has 2 fully saturated rings. The van der Waals surface area contributed by atoms with Crippen molar-refractivity contribution in [1.82, 2.24) is 9.80 Å². The molecule has 7 nitrogen and oxygen atoms in total. The standard InChI is InChI=1S/C12H17N5O2/c1-14-11(10-13)15-19-12(16-4-2-3-5-16)17-6-8-18-9-7-17/h12H,2-9H2/b15-11+. The lowest BCUT2D eigenvalue weighted by molar-refractivity contribution is -0.166. The van der Waals surface area contributed by atoms with Crippen LogP contribution in [0, 0.1) is 17.9 Å². The second kappa shape index (κ2) is 7.05. The number of morpholine rings is 1. The molecule has 19 heavy (non-hydrogen) atoms. The molecule has 2 rings (SSSR count). The van der Waals surface area contributed by atoms with E-state index in [1.54, 1.807) is 6.07 Å². The average molecular weight is 263 g/mol. The Balaban J connectivity index is 2.03. The molecule has 2 heterocycles. The van der Waals surface area contributed by atoms with E-state index in [2.05, 4.69) is 19.8 Å². The number of ether oxygens (including phenoxy) is 1. The van der Waals surface area contributed by atoms with E-state index in [-0.39, 0.29) is 12.2 Å². The first kappa shape index (κ1) is 13.8. The van der Waals surface area contributed by atoms with Crippen molar-refractivity contribution in [2.24, 2.45) is 5.16 Å². The molecule has 0 saturated carbocycles. The van der Waals surface area contributed by atoms with Gasteiger partial charge in [-0.1, -0.05) is 6.57 Å². The van der Waals surface area contributed by atoms with Crippen molar-refractivity contribution in [3.05, 3.63) is 11.4 Å². The zero-order valence-corrected chi connectivity index (χ0v) is 10.8. The van der Waals surface area contributed by atoms with E-state index in [0.29, 0.717) is 13.2 Å². The minimum atomic E-state index is -0.295. The molecule has 0 aromatic rings. The molecule has 7 heteroatoms. The number of nitrogens with zero attached hydrogens (tertiary/aromatic N) is 5. The molecule has 0 bridgehead atoms. The molecule has 1 atom stereocenters. The van der Waals surface area contributed by atoms with Gasteiger partial charge in [0.2, 0.25) is 0 Å². The molecular formula is C12H17N5O2. The molecule has 0 aromatic carbocycles. The van der Waals surface area contributed by atoms with Crippen LogP contribution in [-0.4, -0.2) is 61.4 Å². The summed E-state index contributed by atoms with van der Waals surface area (Å²) < 4.78 is 5.33. The minimum absolute atomic E-state index is 0.266. The largest absolute Gasteiger partial charge is 0.392 e. The van der Waals surface area contributed by atoms with Gasteiger partial charge in [0.25, 0.3) is 6.35 Å². The maximum atomic E-state index is 8.69. The van der Waals surface area contributed by atoms with Crippen molar-refractivity contribution in [3.63, 3.8) is 0 Å². The summed E-state index contributed by atoms with van der Waals surface area (Å²) >= 11 is 0. The van der Waals surface area contributed by atoms with Gasteiger partial charge in [-0.2, -0.15) is 0 Å². The highest BCUT2D eigenvalue weighted by Crippen LogP contribution is 2.17. The number of hydrogen-bond acceptors (Lipinski definition) is 6. The SMILES string of the molecule is [C-]#[N+]/C(C#N)=N/OC(N1CCCC1)N1CCOCC1. The summed E-state index contributed by atoms with van der Waals surface area (Å²) in [6.45, 7) is 11.6. The Morgan fingerprint density at radius 3 is 2.47 bits per heavy atom. The van der Waals surface area contributed by atoms with E-state index in [9.17, 15) is 0 Å². The molecule has 0 spiro atoms. The van der Waals surface area contributed by atoms with Crippen LogP contribution in [0.4, 0.5) is 0 Å². The third kappa shape index (κ3) is 3.65. The van der Waals surface area contributed by atoms with E-state index in [1.807, 2.05) is 0 Å². The van der Waals surface area contributed by atoms with Gasteiger partial charge < -0.3 is 9.58 Å². The highest BCUT2D eigenvalue weighted by molar-refractivity contribution is 6.03. The van der Waals surface area contributed by atoms with Crippen molar-refractivity contribution >= 4 is 5.84 Å². The van der Waals surface area contributed by atoms with Gasteiger partial charge in [0.05, 0.1) is 18.4 Å². The van der Waals surface area contributed by atoms with Gasteiger partial charge in [-0.3, -0.25) is 9.74 Å². The lowest BCUT2D eigenvalue weighted by Gasteiger charge is -2.35. The second-order valence-corrected chi connectivity index (χ2v) is 4.46. The summed E-state index contributed by atoms with van der Waals surface area (Å²) in [5.41, 5.74) is 0. The van der Waals surface area contributed by atoms with Gasteiger partial charge in [-0.15, -0.1) is 0 Å². The van der Waals surface area contributed by atoms with Crippen molar-refractivity contribution in [2.45, 2.75) is 19.2 Å². The van der Waals surface area contributed by atoms with Gasteiger partial charge in [0, 0.05) is 26.2 Å². The van der Waals surface area contributed by atoms with E-state index in [1.165, 1.54) is 0 Å². The van der Waals surface area contributed by atoms with Gasteiger partial charge in [-0.05, 0) is 12.8 Å². The summed E-state index contributed by atoms with van der Waals surface area (Å²) in [6.07, 6.45) is 1.99. The lowest BCUT2D eigenvalue weighted by atomic mass is 10.4. The van der Waals surface area contributed by atoms with Gasteiger partial charge in [0.1, 0.15) is 6.07 Å². The Hall–Kier alpha value is -1.67. The Bertz CT molecular complexity index is 383. The van der Waals surface area contributed by atoms with E-state index in [4.69, 9.17) is 21.4 Å². The number of rotatable bonds is 4. The highest BCUT2D eigenvalue weighted by atomic mass is 16.7. The zero-order valence-electron chi connectivity index (χ0n) is 10.8. The summed E-state index contributed by atoms with van der Waals surface area (Å²) in [5.74, 6) is -0.266. The Morgan fingerprint density at radius 1 is 1.26 bits per heavy atom. The van der Waals surface area contributed by atoms with Crippen LogP contribution in [0.1, 0.15) is 12.8 Å². The van der Waals surface area contributed by atoms with Crippen LogP contribution >= 0.6 is 0 Å². The Morgan fingerprint density at radius 2 is 1.89 bits per heavy atom. The van der Waals surface area contributed by atoms with Crippen LogP contribution in [0.5, 0.6) is 0 Å². The first-order chi connectivity index (χ1) is 9.35. The van der Waals surface area contributed by atoms with Crippen molar-refractivity contribution in [3.8, 4) is 6.07 Å². The van der Waals surface area contributed by atoms with E-state index in [0.717, 1.165) is 39.0 Å². The monoisotopic (exact) mass is 263 g/mol. The summed E-state index contributed by atoms with van der Waals surface area (Å²) in [4.78, 5) is 12.8. The topological polar surface area (TPSA) is 65.5 Å². The fourth-order valence-electron chi connectivity index (χ4n) is 2.29. The van der Waals surface area contributed by atoms with Gasteiger partial charge in [0.15, 0.2) is 0 Å². The quantitative estimate of drug-likeness (QED) is 0.319. The molecule has 2 aliphatic rings. The highest BCUT2D eigenvalue weighted by Gasteiger charge is 2.32. The van der Waals surface area contributed by atoms with E-state index < -0.39 is 0 Å². The van der Waals surface area contributed by atoms with Gasteiger partial charge >= 0.3 is 5.84 Å². The summed E-state index contributed by atoms with van der Waals surface area (Å²) in [6, 6.07) is 1.71. The average Bonchev–Trinajstić information content (AvgIpc) is 2.99. The first-order valence-corrected chi connectivity index (χ1v) is 6.42. The summed E-state index contributed by atoms with van der Waals surface area (Å²) in [7, 11) is 0. The predicted molar refractivity (Wildman–Crippen MR) is 67.7 cm³/mol. The van der Waals surface area contributed by atoms with Crippen molar-refractivity contribution < 1.29 is 9.57 Å². The van der Waals surface area contributed by atoms with Crippen LogP contribution in [0.15, 0.2) is 5.16 Å². The van der Waals surface area contributed by atoms with Crippen LogP contribution in [-0.2, 0) is 9.57 Å². The molecule has 1 unspecified atom stereocenters. The smallest absolute Gasteiger partial charge is 0.379 e. The Labute approximate surface area is 112 Å². The molecule has 0 radical (unpaired) electrons. The van der Waals surface area contributed by atoms with Crippen molar-refractivity contribution in [2.75, 3.05) is 39.4 Å². The van der Waals surface area contributed by atoms with Gasteiger partial charge in [-0.25, -0.2) is 10.2 Å². The molecule has 0 aromatic heterocycles. The molecule has 2 saturated heterocycles. The zero-order chi connectivity index (χ0) is 13.5. The molecule has 0 amide bonds. The predicted octanol–water partition coefficient (Wildman–Crippen LogP) is 0.471. The van der Waals surface area contributed by atoms with Crippen LogP contribution < -0.4 is 0 Å². The molecule has 0 N–H and O–H groups in total. The number of amidine groups is 1. The lowest BCUT2D eigenvalue weighted by Crippen LogP contribution is -2.52. The maximum Gasteiger partial charge on any atom is 0.392 e. The summed E-state index contributed by atoms with van der Waals surface area (Å²) in [5, 5.41) is 12.4. The molecular weight excluding hydrogens is 246 g/mol. The number of likely N-dealkylation sites (tertiary alicyclic amines) is 1. The second-order valence-electron chi connectivity index (χ2n) is 4.46. The minimum Gasteiger partial charge on any atom is -0.379 e. The molecule has 102 valence electrons. The normalized spacial score (nSPS) is 23.6. The number of oxime groups is 1. The third-order valence-corrected chi connectivity index (χ3v) is 3.25. The maximum absolute atomic E-state index is 8.69. The number of hydrogen-bond donors (Lipinski definition) is 0. The fourth-order valence-corrected chi connectivity index (χ4v) is 2.29. The third-order valence-electron chi connectivity index (χ3n) is 3.25. The van der Waals surface area contributed by atoms with Crippen LogP contribution in [0.3, 0.4) is 0 Å². The Kier molecular flexibility index (Phi) is 5.10. The van der Waals surface area contributed by atoms with Crippen LogP contribution in [0.25, 0.3) is 4.85 Å².